The molecular formula is C29H50O2. The Hall–Kier alpha value is -0.340. The summed E-state index contributed by atoms with van der Waals surface area (Å²) in [6.07, 6.45) is 13.9. The zero-order valence-corrected chi connectivity index (χ0v) is 21.2. The molecule has 0 saturated heterocycles. The van der Waals surface area contributed by atoms with Gasteiger partial charge in [0.2, 0.25) is 0 Å². The lowest BCUT2D eigenvalue weighted by Gasteiger charge is -2.59. The Balaban J connectivity index is 1.52. The van der Waals surface area contributed by atoms with Crippen LogP contribution in [0.3, 0.4) is 0 Å². The first-order chi connectivity index (χ1) is 14.6. The lowest BCUT2D eigenvalue weighted by Crippen LogP contribution is -2.54. The molecule has 0 spiro atoms. The molecule has 0 unspecified atom stereocenters. The van der Waals surface area contributed by atoms with Gasteiger partial charge in [-0.25, -0.2) is 0 Å². The standard InChI is InChI=1S/C29H50O2/c1-7-20(18(2)3)9-8-19(4)23-10-11-24-27-25(13-15-29(23,24)6)28(5)14-12-22(30)16-21(28)17-26(27)31/h17-20,22-27,30-31H,7-16H2,1-6H3/t19-,20+,22+,23-,24+,25+,26-,27+,28+,29-/m1/s1. The van der Waals surface area contributed by atoms with Crippen LogP contribution >= 0.6 is 0 Å². The van der Waals surface area contributed by atoms with Crippen LogP contribution in [0.15, 0.2) is 11.6 Å². The van der Waals surface area contributed by atoms with Crippen molar-refractivity contribution in [3.05, 3.63) is 11.6 Å². The molecule has 0 radical (unpaired) electrons. The SMILES string of the molecule is CC[C@@H](CC[C@@H](C)[C@H]1CC[C@H]2[C@@H]3[C@H](O)C=C4C[C@@H](O)CC[C@]4(C)[C@H]3CC[C@]12C)C(C)C. The van der Waals surface area contributed by atoms with Gasteiger partial charge in [-0.3, -0.25) is 0 Å². The molecule has 3 saturated carbocycles. The summed E-state index contributed by atoms with van der Waals surface area (Å²) < 4.78 is 0. The first-order valence-electron chi connectivity index (χ1n) is 13.7. The van der Waals surface area contributed by atoms with E-state index in [0.29, 0.717) is 23.2 Å². The number of aliphatic hydroxyl groups excluding tert-OH is 2. The average molecular weight is 431 g/mol. The zero-order valence-electron chi connectivity index (χ0n) is 21.2. The molecule has 2 N–H and O–H groups in total. The van der Waals surface area contributed by atoms with E-state index in [2.05, 4.69) is 47.6 Å². The third kappa shape index (κ3) is 3.96. The Bertz CT molecular complexity index is 668. The van der Waals surface area contributed by atoms with Gasteiger partial charge in [0.15, 0.2) is 0 Å². The van der Waals surface area contributed by atoms with Crippen LogP contribution in [0, 0.1) is 52.3 Å². The Labute approximate surface area is 192 Å². The molecule has 4 aliphatic carbocycles. The van der Waals surface area contributed by atoms with Gasteiger partial charge >= 0.3 is 0 Å². The molecule has 178 valence electrons. The monoisotopic (exact) mass is 430 g/mol. The van der Waals surface area contributed by atoms with E-state index in [0.717, 1.165) is 42.9 Å². The lowest BCUT2D eigenvalue weighted by molar-refractivity contribution is -0.0972. The fourth-order valence-corrected chi connectivity index (χ4v) is 9.29. The van der Waals surface area contributed by atoms with E-state index in [9.17, 15) is 10.2 Å². The van der Waals surface area contributed by atoms with Gasteiger partial charge in [-0.05, 0) is 104 Å². The number of fused-ring (bicyclic) bond motifs is 5. The summed E-state index contributed by atoms with van der Waals surface area (Å²) in [6.45, 7) is 14.7. The summed E-state index contributed by atoms with van der Waals surface area (Å²) in [5, 5.41) is 21.6. The Morgan fingerprint density at radius 3 is 2.39 bits per heavy atom. The van der Waals surface area contributed by atoms with E-state index in [1.165, 1.54) is 50.5 Å². The lowest BCUT2D eigenvalue weighted by atomic mass is 9.46. The smallest absolute Gasteiger partial charge is 0.0757 e. The second kappa shape index (κ2) is 8.79. The van der Waals surface area contributed by atoms with Gasteiger partial charge < -0.3 is 10.2 Å². The van der Waals surface area contributed by atoms with Crippen LogP contribution in [0.25, 0.3) is 0 Å². The molecule has 4 aliphatic rings. The van der Waals surface area contributed by atoms with Gasteiger partial charge in [-0.15, -0.1) is 0 Å². The largest absolute Gasteiger partial charge is 0.393 e. The highest BCUT2D eigenvalue weighted by molar-refractivity contribution is 5.27. The maximum Gasteiger partial charge on any atom is 0.0757 e. The Morgan fingerprint density at radius 1 is 0.968 bits per heavy atom. The zero-order chi connectivity index (χ0) is 22.6. The molecular weight excluding hydrogens is 380 g/mol. The second-order valence-electron chi connectivity index (χ2n) is 13.0. The number of aliphatic hydroxyl groups is 2. The van der Waals surface area contributed by atoms with E-state index < -0.39 is 0 Å². The minimum absolute atomic E-state index is 0.202. The van der Waals surface area contributed by atoms with Crippen molar-refractivity contribution in [1.82, 2.24) is 0 Å². The van der Waals surface area contributed by atoms with Crippen LogP contribution in [0.1, 0.15) is 106 Å². The average Bonchev–Trinajstić information content (AvgIpc) is 3.06. The van der Waals surface area contributed by atoms with Crippen molar-refractivity contribution < 1.29 is 10.2 Å². The molecule has 3 fully saturated rings. The van der Waals surface area contributed by atoms with Gasteiger partial charge in [0.1, 0.15) is 0 Å². The van der Waals surface area contributed by atoms with Crippen molar-refractivity contribution in [2.75, 3.05) is 0 Å². The molecule has 4 rings (SSSR count). The van der Waals surface area contributed by atoms with E-state index in [-0.39, 0.29) is 17.6 Å². The van der Waals surface area contributed by atoms with E-state index >= 15 is 0 Å². The third-order valence-electron chi connectivity index (χ3n) is 11.3. The first-order valence-corrected chi connectivity index (χ1v) is 13.7. The Kier molecular flexibility index (Phi) is 6.75. The normalized spacial score (nSPS) is 46.7. The Morgan fingerprint density at radius 2 is 1.71 bits per heavy atom. The molecule has 0 aromatic rings. The highest BCUT2D eigenvalue weighted by atomic mass is 16.3. The third-order valence-corrected chi connectivity index (χ3v) is 11.3. The molecule has 0 aromatic carbocycles. The molecule has 2 heteroatoms. The topological polar surface area (TPSA) is 40.5 Å². The van der Waals surface area contributed by atoms with Crippen LogP contribution in [0.5, 0.6) is 0 Å². The second-order valence-corrected chi connectivity index (χ2v) is 13.0. The molecule has 31 heavy (non-hydrogen) atoms. The van der Waals surface area contributed by atoms with Crippen LogP contribution in [-0.2, 0) is 0 Å². The van der Waals surface area contributed by atoms with Crippen LogP contribution < -0.4 is 0 Å². The molecule has 0 aromatic heterocycles. The maximum absolute atomic E-state index is 11.3. The summed E-state index contributed by atoms with van der Waals surface area (Å²) in [5.41, 5.74) is 1.97. The van der Waals surface area contributed by atoms with Crippen molar-refractivity contribution >= 4 is 0 Å². The van der Waals surface area contributed by atoms with Gasteiger partial charge in [0, 0.05) is 0 Å². The van der Waals surface area contributed by atoms with E-state index in [1.807, 2.05) is 0 Å². The van der Waals surface area contributed by atoms with Gasteiger partial charge in [-0.1, -0.05) is 66.0 Å². The van der Waals surface area contributed by atoms with Crippen molar-refractivity contribution in [2.24, 2.45) is 52.3 Å². The molecule has 0 aliphatic heterocycles. The summed E-state index contributed by atoms with van der Waals surface area (Å²) in [4.78, 5) is 0. The highest BCUT2D eigenvalue weighted by Gasteiger charge is 2.61. The van der Waals surface area contributed by atoms with Crippen LogP contribution in [-0.4, -0.2) is 22.4 Å². The first kappa shape index (κ1) is 23.8. The fourth-order valence-electron chi connectivity index (χ4n) is 9.29. The number of rotatable bonds is 6. The van der Waals surface area contributed by atoms with Crippen molar-refractivity contribution in [1.29, 1.82) is 0 Å². The predicted molar refractivity (Wildman–Crippen MR) is 130 cm³/mol. The molecule has 0 bridgehead atoms. The van der Waals surface area contributed by atoms with Gasteiger partial charge in [0.25, 0.3) is 0 Å². The summed E-state index contributed by atoms with van der Waals surface area (Å²) in [5.74, 6) is 4.99. The fraction of sp³-hybridized carbons (Fsp3) is 0.931. The molecule has 2 nitrogen and oxygen atoms in total. The minimum Gasteiger partial charge on any atom is -0.393 e. The molecule has 10 atom stereocenters. The highest BCUT2D eigenvalue weighted by Crippen LogP contribution is 2.67. The summed E-state index contributed by atoms with van der Waals surface area (Å²) in [6, 6.07) is 0. The quantitative estimate of drug-likeness (QED) is 0.446. The van der Waals surface area contributed by atoms with E-state index in [4.69, 9.17) is 0 Å². The van der Waals surface area contributed by atoms with E-state index in [1.54, 1.807) is 0 Å². The summed E-state index contributed by atoms with van der Waals surface area (Å²) in [7, 11) is 0. The van der Waals surface area contributed by atoms with Crippen molar-refractivity contribution in [2.45, 2.75) is 118 Å². The predicted octanol–water partition coefficient (Wildman–Crippen LogP) is 7.00. The van der Waals surface area contributed by atoms with Gasteiger partial charge in [-0.2, -0.15) is 0 Å². The number of hydrogen-bond acceptors (Lipinski definition) is 2. The minimum atomic E-state index is -0.303. The van der Waals surface area contributed by atoms with Crippen molar-refractivity contribution in [3.63, 3.8) is 0 Å². The molecule has 0 heterocycles. The number of hydrogen-bond donors (Lipinski definition) is 2. The van der Waals surface area contributed by atoms with Crippen LogP contribution in [0.4, 0.5) is 0 Å². The summed E-state index contributed by atoms with van der Waals surface area (Å²) >= 11 is 0. The van der Waals surface area contributed by atoms with Gasteiger partial charge in [0.05, 0.1) is 12.2 Å². The maximum atomic E-state index is 11.3. The molecule has 0 amide bonds. The van der Waals surface area contributed by atoms with Crippen LogP contribution in [0.2, 0.25) is 0 Å². The van der Waals surface area contributed by atoms with Crippen molar-refractivity contribution in [3.8, 4) is 0 Å².